The van der Waals surface area contributed by atoms with E-state index in [0.29, 0.717) is 15.6 Å². The van der Waals surface area contributed by atoms with E-state index >= 15 is 0 Å². The first-order valence-corrected chi connectivity index (χ1v) is 5.32. The van der Waals surface area contributed by atoms with Crippen LogP contribution in [0.15, 0.2) is 12.1 Å². The van der Waals surface area contributed by atoms with E-state index in [0.717, 1.165) is 19.4 Å². The maximum Gasteiger partial charge on any atom is 0.129 e. The Morgan fingerprint density at radius 3 is 2.67 bits per heavy atom. The molecule has 1 aliphatic heterocycles. The summed E-state index contributed by atoms with van der Waals surface area (Å²) in [6.07, 6.45) is 1.96. The number of hydrogen-bond donors (Lipinski definition) is 1. The molecule has 0 aromatic heterocycles. The third-order valence-corrected chi connectivity index (χ3v) is 3.31. The van der Waals surface area contributed by atoms with Crippen molar-refractivity contribution in [3.8, 4) is 0 Å². The molecule has 0 saturated carbocycles. The van der Waals surface area contributed by atoms with Gasteiger partial charge in [-0.05, 0) is 31.5 Å². The fourth-order valence-electron chi connectivity index (χ4n) is 1.79. The molecule has 1 nitrogen and oxygen atoms in total. The van der Waals surface area contributed by atoms with Crippen LogP contribution in [0.2, 0.25) is 10.0 Å². The number of nitrogens with one attached hydrogen (secondary N) is 1. The van der Waals surface area contributed by atoms with E-state index in [1.165, 1.54) is 12.1 Å². The Balaban J connectivity index is 0.00000112. The van der Waals surface area contributed by atoms with Gasteiger partial charge in [0.15, 0.2) is 0 Å². The van der Waals surface area contributed by atoms with E-state index in [1.54, 1.807) is 0 Å². The summed E-state index contributed by atoms with van der Waals surface area (Å²) >= 11 is 11.8. The lowest BCUT2D eigenvalue weighted by Crippen LogP contribution is -2.14. The van der Waals surface area contributed by atoms with Crippen molar-refractivity contribution in [2.24, 2.45) is 0 Å². The number of hydrogen-bond acceptors (Lipinski definition) is 1. The maximum absolute atomic E-state index is 13.5. The third-order valence-electron chi connectivity index (χ3n) is 2.49. The first kappa shape index (κ1) is 13.0. The molecule has 0 bridgehead atoms. The van der Waals surface area contributed by atoms with Crippen LogP contribution < -0.4 is 5.32 Å². The fourth-order valence-corrected chi connectivity index (χ4v) is 2.24. The highest BCUT2D eigenvalue weighted by atomic mass is 35.5. The topological polar surface area (TPSA) is 12.0 Å². The van der Waals surface area contributed by atoms with E-state index in [4.69, 9.17) is 23.2 Å². The largest absolute Gasteiger partial charge is 0.310 e. The van der Waals surface area contributed by atoms with Gasteiger partial charge < -0.3 is 5.32 Å². The average Bonchev–Trinajstić information content (AvgIpc) is 2.65. The minimum absolute atomic E-state index is 0. The summed E-state index contributed by atoms with van der Waals surface area (Å²) < 4.78 is 13.5. The second kappa shape index (κ2) is 5.35. The average molecular weight is 271 g/mol. The third kappa shape index (κ3) is 2.56. The molecular weight excluding hydrogens is 259 g/mol. The van der Waals surface area contributed by atoms with Gasteiger partial charge in [-0.2, -0.15) is 0 Å². The van der Waals surface area contributed by atoms with E-state index in [1.807, 2.05) is 0 Å². The van der Waals surface area contributed by atoms with E-state index in [9.17, 15) is 4.39 Å². The molecule has 1 aromatic carbocycles. The molecule has 2 rings (SSSR count). The summed E-state index contributed by atoms with van der Waals surface area (Å²) in [5.74, 6) is -0.279. The van der Waals surface area contributed by atoms with E-state index in [2.05, 4.69) is 5.32 Å². The van der Waals surface area contributed by atoms with Crippen LogP contribution in [0.25, 0.3) is 0 Å². The van der Waals surface area contributed by atoms with Crippen LogP contribution in [0.3, 0.4) is 0 Å². The Kier molecular flexibility index (Phi) is 4.65. The van der Waals surface area contributed by atoms with Crippen LogP contribution in [0, 0.1) is 5.82 Å². The number of benzene rings is 1. The van der Waals surface area contributed by atoms with E-state index in [-0.39, 0.29) is 24.3 Å². The molecule has 1 aromatic rings. The van der Waals surface area contributed by atoms with Crippen LogP contribution in [0.5, 0.6) is 0 Å². The second-order valence-electron chi connectivity index (χ2n) is 3.41. The quantitative estimate of drug-likeness (QED) is 0.761. The highest BCUT2D eigenvalue weighted by Crippen LogP contribution is 2.35. The monoisotopic (exact) mass is 269 g/mol. The first-order chi connectivity index (χ1) is 6.70. The fraction of sp³-hybridized carbons (Fsp3) is 0.400. The molecule has 84 valence electrons. The van der Waals surface area contributed by atoms with Crippen molar-refractivity contribution in [1.82, 2.24) is 5.32 Å². The van der Waals surface area contributed by atoms with Gasteiger partial charge in [0.25, 0.3) is 0 Å². The molecule has 0 spiro atoms. The van der Waals surface area contributed by atoms with Crippen molar-refractivity contribution < 1.29 is 4.39 Å². The first-order valence-electron chi connectivity index (χ1n) is 4.57. The molecule has 1 N–H and O–H groups in total. The molecule has 0 unspecified atom stereocenters. The lowest BCUT2D eigenvalue weighted by molar-refractivity contribution is 0.559. The zero-order valence-electron chi connectivity index (χ0n) is 7.90. The molecular formula is C10H11Cl3FN. The Bertz CT molecular complexity index is 351. The summed E-state index contributed by atoms with van der Waals surface area (Å²) in [7, 11) is 0. The van der Waals surface area contributed by atoms with Crippen molar-refractivity contribution in [3.63, 3.8) is 0 Å². The zero-order valence-corrected chi connectivity index (χ0v) is 10.2. The van der Waals surface area contributed by atoms with Crippen LogP contribution in [0.1, 0.15) is 24.4 Å². The van der Waals surface area contributed by atoms with Crippen molar-refractivity contribution >= 4 is 35.6 Å². The summed E-state index contributed by atoms with van der Waals surface area (Å²) in [4.78, 5) is 0. The Morgan fingerprint density at radius 1 is 1.33 bits per heavy atom. The van der Waals surface area contributed by atoms with Crippen LogP contribution in [-0.2, 0) is 0 Å². The van der Waals surface area contributed by atoms with Gasteiger partial charge in [0, 0.05) is 11.6 Å². The lowest BCUT2D eigenvalue weighted by atomic mass is 10.0. The molecule has 5 heteroatoms. The lowest BCUT2D eigenvalue weighted by Gasteiger charge is -2.14. The molecule has 15 heavy (non-hydrogen) atoms. The SMILES string of the molecule is Cl.Fc1ccc(Cl)c(Cl)c1[C@@H]1CCCN1. The van der Waals surface area contributed by atoms with Gasteiger partial charge >= 0.3 is 0 Å². The van der Waals surface area contributed by atoms with Gasteiger partial charge in [-0.3, -0.25) is 0 Å². The highest BCUT2D eigenvalue weighted by molar-refractivity contribution is 6.42. The normalized spacial score (nSPS) is 20.1. The number of rotatable bonds is 1. The predicted octanol–water partition coefficient (Wildman–Crippen LogP) is 3.98. The zero-order chi connectivity index (χ0) is 10.1. The Hall–Kier alpha value is -0.0200. The minimum Gasteiger partial charge on any atom is -0.310 e. The van der Waals surface area contributed by atoms with Crippen LogP contribution in [0.4, 0.5) is 4.39 Å². The van der Waals surface area contributed by atoms with Crippen LogP contribution in [-0.4, -0.2) is 6.54 Å². The maximum atomic E-state index is 13.5. The highest BCUT2D eigenvalue weighted by Gasteiger charge is 2.23. The summed E-state index contributed by atoms with van der Waals surface area (Å²) in [5.41, 5.74) is 0.511. The number of halogens is 4. The Morgan fingerprint density at radius 2 is 2.07 bits per heavy atom. The predicted molar refractivity (Wildman–Crippen MR) is 63.6 cm³/mol. The van der Waals surface area contributed by atoms with Gasteiger partial charge in [0.1, 0.15) is 5.82 Å². The summed E-state index contributed by atoms with van der Waals surface area (Å²) in [6, 6.07) is 2.86. The van der Waals surface area contributed by atoms with Gasteiger partial charge in [0.05, 0.1) is 10.0 Å². The molecule has 1 fully saturated rings. The van der Waals surface area contributed by atoms with Crippen molar-refractivity contribution in [1.29, 1.82) is 0 Å². The second-order valence-corrected chi connectivity index (χ2v) is 4.19. The smallest absolute Gasteiger partial charge is 0.129 e. The molecule has 1 saturated heterocycles. The van der Waals surface area contributed by atoms with Crippen LogP contribution >= 0.6 is 35.6 Å². The van der Waals surface area contributed by atoms with Crippen molar-refractivity contribution in [2.45, 2.75) is 18.9 Å². The van der Waals surface area contributed by atoms with E-state index < -0.39 is 0 Å². The molecule has 1 heterocycles. The molecule has 0 aliphatic carbocycles. The Labute approximate surface area is 104 Å². The van der Waals surface area contributed by atoms with Crippen molar-refractivity contribution in [3.05, 3.63) is 33.6 Å². The van der Waals surface area contributed by atoms with Crippen molar-refractivity contribution in [2.75, 3.05) is 6.54 Å². The molecule has 1 aliphatic rings. The van der Waals surface area contributed by atoms with Gasteiger partial charge in [0.2, 0.25) is 0 Å². The summed E-state index contributed by atoms with van der Waals surface area (Å²) in [6.45, 7) is 0.910. The molecule has 1 atom stereocenters. The standard InChI is InChI=1S/C10H10Cl2FN.ClH/c11-6-3-4-7(13)9(10(6)12)8-2-1-5-14-8;/h3-4,8,14H,1-2,5H2;1H/t8-;/m0./s1. The molecule has 0 amide bonds. The summed E-state index contributed by atoms with van der Waals surface area (Å²) in [5, 5.41) is 3.95. The molecule has 0 radical (unpaired) electrons. The van der Waals surface area contributed by atoms with Gasteiger partial charge in [-0.15, -0.1) is 12.4 Å². The van der Waals surface area contributed by atoms with Gasteiger partial charge in [-0.1, -0.05) is 23.2 Å². The minimum atomic E-state index is -0.279. The van der Waals surface area contributed by atoms with Gasteiger partial charge in [-0.25, -0.2) is 4.39 Å².